The van der Waals surface area contributed by atoms with Gasteiger partial charge in [-0.25, -0.2) is 4.79 Å². The SMILES string of the molecule is CC1=CC=C(C(=O)O)[SH]1Cc1ccccc1. The van der Waals surface area contributed by atoms with Gasteiger partial charge in [0.25, 0.3) is 0 Å². The molecule has 1 aromatic rings. The summed E-state index contributed by atoms with van der Waals surface area (Å²) in [6.45, 7) is 2.01. The van der Waals surface area contributed by atoms with Crippen LogP contribution in [-0.2, 0) is 10.5 Å². The topological polar surface area (TPSA) is 37.3 Å². The third-order valence-electron chi connectivity index (χ3n) is 2.60. The van der Waals surface area contributed by atoms with Gasteiger partial charge in [0.2, 0.25) is 0 Å². The molecule has 0 aromatic heterocycles. The summed E-state index contributed by atoms with van der Waals surface area (Å²) in [7, 11) is -0.663. The lowest BCUT2D eigenvalue weighted by atomic mass is 10.2. The van der Waals surface area contributed by atoms with Gasteiger partial charge in [-0.2, -0.15) is 10.9 Å². The van der Waals surface area contributed by atoms with Crippen LogP contribution >= 0.6 is 10.9 Å². The molecule has 0 radical (unpaired) electrons. The van der Waals surface area contributed by atoms with Gasteiger partial charge in [-0.1, -0.05) is 36.4 Å². The van der Waals surface area contributed by atoms with E-state index in [1.807, 2.05) is 43.3 Å². The zero-order valence-corrected chi connectivity index (χ0v) is 9.95. The maximum atomic E-state index is 11.1. The van der Waals surface area contributed by atoms with Crippen LogP contribution in [0.15, 0.2) is 52.3 Å². The average Bonchev–Trinajstić information content (AvgIpc) is 2.62. The van der Waals surface area contributed by atoms with Crippen molar-refractivity contribution >= 4 is 16.9 Å². The molecule has 0 saturated carbocycles. The van der Waals surface area contributed by atoms with E-state index < -0.39 is 16.9 Å². The zero-order chi connectivity index (χ0) is 11.5. The van der Waals surface area contributed by atoms with Gasteiger partial charge in [0.05, 0.1) is 4.91 Å². The van der Waals surface area contributed by atoms with Gasteiger partial charge < -0.3 is 5.11 Å². The Morgan fingerprint density at radius 3 is 2.56 bits per heavy atom. The van der Waals surface area contributed by atoms with E-state index in [1.54, 1.807) is 6.08 Å². The molecular weight excluding hydrogens is 220 g/mol. The summed E-state index contributed by atoms with van der Waals surface area (Å²) < 4.78 is 0. The molecule has 2 nitrogen and oxygen atoms in total. The Morgan fingerprint density at radius 2 is 1.94 bits per heavy atom. The van der Waals surface area contributed by atoms with E-state index in [-0.39, 0.29) is 0 Å². The van der Waals surface area contributed by atoms with E-state index in [1.165, 1.54) is 10.5 Å². The summed E-state index contributed by atoms with van der Waals surface area (Å²) in [5, 5.41) is 9.09. The fraction of sp³-hybridized carbons (Fsp3) is 0.154. The van der Waals surface area contributed by atoms with Gasteiger partial charge in [0.15, 0.2) is 0 Å². The van der Waals surface area contributed by atoms with Crippen molar-refractivity contribution < 1.29 is 9.90 Å². The number of benzene rings is 1. The summed E-state index contributed by atoms with van der Waals surface area (Å²) in [5.74, 6) is 0.0477. The van der Waals surface area contributed by atoms with Crippen LogP contribution < -0.4 is 0 Å². The highest BCUT2D eigenvalue weighted by molar-refractivity contribution is 8.23. The van der Waals surface area contributed by atoms with E-state index in [2.05, 4.69) is 0 Å². The maximum Gasteiger partial charge on any atom is 0.340 e. The molecule has 1 unspecified atom stereocenters. The Kier molecular flexibility index (Phi) is 3.15. The Morgan fingerprint density at radius 1 is 1.25 bits per heavy atom. The van der Waals surface area contributed by atoms with Crippen LogP contribution in [0.2, 0.25) is 0 Å². The van der Waals surface area contributed by atoms with Crippen LogP contribution in [0, 0.1) is 0 Å². The highest BCUT2D eigenvalue weighted by Crippen LogP contribution is 2.49. The number of thiol groups is 1. The molecule has 0 bridgehead atoms. The molecule has 2 rings (SSSR count). The van der Waals surface area contributed by atoms with E-state index in [9.17, 15) is 4.79 Å². The second-order valence-corrected chi connectivity index (χ2v) is 6.10. The molecule has 0 spiro atoms. The fourth-order valence-electron chi connectivity index (χ4n) is 1.73. The van der Waals surface area contributed by atoms with Gasteiger partial charge >= 0.3 is 5.97 Å². The largest absolute Gasteiger partial charge is 0.477 e. The smallest absolute Gasteiger partial charge is 0.340 e. The number of hydrogen-bond donors (Lipinski definition) is 2. The number of carboxylic acid groups (broad SMARTS) is 1. The standard InChI is InChI=1S/C13H14O2S/c1-10-7-8-12(13(14)15)16(10)9-11-5-3-2-4-6-11/h2-8,16H,9H2,1H3,(H,14,15). The molecule has 1 aliphatic rings. The van der Waals surface area contributed by atoms with Gasteiger partial charge in [0.1, 0.15) is 0 Å². The number of hydrogen-bond acceptors (Lipinski definition) is 1. The number of rotatable bonds is 3. The molecule has 84 valence electrons. The van der Waals surface area contributed by atoms with Gasteiger partial charge in [-0.3, -0.25) is 0 Å². The molecule has 1 aliphatic heterocycles. The molecule has 3 heteroatoms. The Hall–Kier alpha value is -1.48. The minimum Gasteiger partial charge on any atom is -0.477 e. The first kappa shape index (κ1) is 11.0. The Balaban J connectivity index is 2.18. The van der Waals surface area contributed by atoms with Crippen molar-refractivity contribution in [3.05, 3.63) is 57.9 Å². The molecule has 1 aromatic carbocycles. The van der Waals surface area contributed by atoms with Gasteiger partial charge in [-0.15, -0.1) is 0 Å². The third kappa shape index (κ3) is 2.19. The first-order chi connectivity index (χ1) is 7.68. The highest BCUT2D eigenvalue weighted by atomic mass is 32.2. The van der Waals surface area contributed by atoms with Crippen molar-refractivity contribution in [2.75, 3.05) is 0 Å². The lowest BCUT2D eigenvalue weighted by molar-refractivity contribution is -0.131. The first-order valence-corrected chi connectivity index (χ1v) is 6.64. The molecule has 1 atom stereocenters. The quantitative estimate of drug-likeness (QED) is 0.789. The van der Waals surface area contributed by atoms with Crippen molar-refractivity contribution in [1.29, 1.82) is 0 Å². The van der Waals surface area contributed by atoms with Crippen molar-refractivity contribution in [3.63, 3.8) is 0 Å². The average molecular weight is 234 g/mol. The molecule has 0 fully saturated rings. The van der Waals surface area contributed by atoms with Crippen LogP contribution in [-0.4, -0.2) is 11.1 Å². The maximum absolute atomic E-state index is 11.1. The number of carbonyl (C=O) groups is 1. The monoisotopic (exact) mass is 234 g/mol. The van der Waals surface area contributed by atoms with E-state index in [4.69, 9.17) is 5.11 Å². The van der Waals surface area contributed by atoms with Gasteiger partial charge in [-0.05, 0) is 23.5 Å². The van der Waals surface area contributed by atoms with E-state index in [0.717, 1.165) is 5.75 Å². The molecular formula is C13H14O2S. The molecule has 16 heavy (non-hydrogen) atoms. The summed E-state index contributed by atoms with van der Waals surface area (Å²) >= 11 is 0. The summed E-state index contributed by atoms with van der Waals surface area (Å²) in [6, 6.07) is 10.1. The third-order valence-corrected chi connectivity index (χ3v) is 5.21. The number of carboxylic acids is 1. The van der Waals surface area contributed by atoms with Crippen molar-refractivity contribution in [1.82, 2.24) is 0 Å². The minimum absolute atomic E-state index is 0.566. The van der Waals surface area contributed by atoms with Crippen molar-refractivity contribution in [3.8, 4) is 0 Å². The lowest BCUT2D eigenvalue weighted by Crippen LogP contribution is -2.01. The highest BCUT2D eigenvalue weighted by Gasteiger charge is 2.21. The van der Waals surface area contributed by atoms with Crippen LogP contribution in [0.5, 0.6) is 0 Å². The van der Waals surface area contributed by atoms with Crippen LogP contribution in [0.1, 0.15) is 12.5 Å². The Bertz CT molecular complexity index is 460. The molecule has 0 amide bonds. The normalized spacial score (nSPS) is 21.4. The summed E-state index contributed by atoms with van der Waals surface area (Å²) in [4.78, 5) is 12.8. The number of aliphatic carboxylic acids is 1. The van der Waals surface area contributed by atoms with Crippen molar-refractivity contribution in [2.45, 2.75) is 12.7 Å². The zero-order valence-electron chi connectivity index (χ0n) is 9.05. The molecule has 1 N–H and O–H groups in total. The second kappa shape index (κ2) is 4.58. The fourth-order valence-corrected chi connectivity index (χ4v) is 3.85. The predicted octanol–water partition coefficient (Wildman–Crippen LogP) is 3.07. The molecule has 0 aliphatic carbocycles. The number of allylic oxidation sites excluding steroid dienone is 3. The van der Waals surface area contributed by atoms with Crippen molar-refractivity contribution in [2.24, 2.45) is 0 Å². The minimum atomic E-state index is -0.782. The predicted molar refractivity (Wildman–Crippen MR) is 68.6 cm³/mol. The van der Waals surface area contributed by atoms with Crippen LogP contribution in [0.3, 0.4) is 0 Å². The first-order valence-electron chi connectivity index (χ1n) is 5.12. The summed E-state index contributed by atoms with van der Waals surface area (Å²) in [6.07, 6.45) is 3.67. The summed E-state index contributed by atoms with van der Waals surface area (Å²) in [5.41, 5.74) is 1.20. The van der Waals surface area contributed by atoms with Crippen LogP contribution in [0.25, 0.3) is 0 Å². The van der Waals surface area contributed by atoms with E-state index >= 15 is 0 Å². The van der Waals surface area contributed by atoms with Gasteiger partial charge in [0, 0.05) is 5.75 Å². The van der Waals surface area contributed by atoms with E-state index in [0.29, 0.717) is 4.91 Å². The Labute approximate surface area is 97.6 Å². The van der Waals surface area contributed by atoms with Crippen LogP contribution in [0.4, 0.5) is 0 Å². The molecule has 0 saturated heterocycles. The molecule has 1 heterocycles. The lowest BCUT2D eigenvalue weighted by Gasteiger charge is -2.19. The second-order valence-electron chi connectivity index (χ2n) is 3.74.